The Kier molecular flexibility index (Phi) is 3.19. The van der Waals surface area contributed by atoms with Crippen LogP contribution >= 0.6 is 0 Å². The van der Waals surface area contributed by atoms with Gasteiger partial charge in [0.2, 0.25) is 5.91 Å². The fourth-order valence-corrected chi connectivity index (χ4v) is 0.313. The fraction of sp³-hybridized carbons (Fsp3) is 0.600. The van der Waals surface area contributed by atoms with Gasteiger partial charge in [0.25, 0.3) is 0 Å². The van der Waals surface area contributed by atoms with Crippen LogP contribution < -0.4 is 0 Å². The van der Waals surface area contributed by atoms with Gasteiger partial charge in [-0.3, -0.25) is 10.0 Å². The summed E-state index contributed by atoms with van der Waals surface area (Å²) in [6.07, 6.45) is 0.844. The van der Waals surface area contributed by atoms with E-state index in [4.69, 9.17) is 5.21 Å². The van der Waals surface area contributed by atoms with Gasteiger partial charge in [0.15, 0.2) is 0 Å². The first-order valence-electron chi connectivity index (χ1n) is 2.43. The van der Waals surface area contributed by atoms with Gasteiger partial charge in [0.05, 0.1) is 0 Å². The van der Waals surface area contributed by atoms with Gasteiger partial charge in [-0.25, -0.2) is 5.06 Å². The van der Waals surface area contributed by atoms with Crippen molar-refractivity contribution < 1.29 is 10.0 Å². The first kappa shape index (κ1) is 7.43. The molecule has 0 heterocycles. The van der Waals surface area contributed by atoms with Crippen molar-refractivity contribution in [1.82, 2.24) is 5.06 Å². The lowest BCUT2D eigenvalue weighted by molar-refractivity contribution is -0.159. The van der Waals surface area contributed by atoms with Crippen LogP contribution in [0.15, 0.2) is 0 Å². The van der Waals surface area contributed by atoms with Gasteiger partial charge < -0.3 is 0 Å². The summed E-state index contributed by atoms with van der Waals surface area (Å²) in [6, 6.07) is 0. The average molecular weight is 116 g/mol. The van der Waals surface area contributed by atoms with Crippen molar-refractivity contribution in [3.8, 4) is 0 Å². The van der Waals surface area contributed by atoms with Gasteiger partial charge in [-0.15, -0.1) is 0 Å². The Bertz CT molecular complexity index is 80.5. The van der Waals surface area contributed by atoms with Crippen LogP contribution in [0.3, 0.4) is 0 Å². The quantitative estimate of drug-likeness (QED) is 0.420. The first-order valence-corrected chi connectivity index (χ1v) is 2.43. The molecule has 3 heteroatoms. The molecule has 0 aliphatic rings. The third-order valence-corrected chi connectivity index (χ3v) is 0.752. The molecule has 1 radical (unpaired) electrons. The Hall–Kier alpha value is -0.570. The number of hydrogen-bond donors (Lipinski definition) is 1. The second-order valence-electron chi connectivity index (χ2n) is 1.52. The van der Waals surface area contributed by atoms with Crippen LogP contribution in [0.4, 0.5) is 0 Å². The van der Waals surface area contributed by atoms with Crippen molar-refractivity contribution >= 4 is 5.91 Å². The van der Waals surface area contributed by atoms with Crippen molar-refractivity contribution in [1.29, 1.82) is 0 Å². The highest BCUT2D eigenvalue weighted by molar-refractivity contribution is 5.74. The predicted octanol–water partition coefficient (Wildman–Crippen LogP) is 0.448. The zero-order valence-corrected chi connectivity index (χ0v) is 4.92. The summed E-state index contributed by atoms with van der Waals surface area (Å²) in [4.78, 5) is 10.4. The van der Waals surface area contributed by atoms with E-state index in [1.54, 1.807) is 0 Å². The molecule has 1 N–H and O–H groups in total. The molecule has 0 saturated heterocycles. The van der Waals surface area contributed by atoms with Gasteiger partial charge >= 0.3 is 0 Å². The molecule has 8 heavy (non-hydrogen) atoms. The van der Waals surface area contributed by atoms with E-state index in [9.17, 15) is 4.79 Å². The van der Waals surface area contributed by atoms with Gasteiger partial charge in [-0.2, -0.15) is 0 Å². The summed E-state index contributed by atoms with van der Waals surface area (Å²) in [5.41, 5.74) is 0. The van der Waals surface area contributed by atoms with Crippen LogP contribution in [0.1, 0.15) is 12.8 Å². The molecule has 3 nitrogen and oxygen atoms in total. The van der Waals surface area contributed by atoms with Gasteiger partial charge in [0.1, 0.15) is 0 Å². The lowest BCUT2D eigenvalue weighted by atomic mass is 10.3. The largest absolute Gasteiger partial charge is 0.286 e. The van der Waals surface area contributed by atoms with E-state index < -0.39 is 0 Å². The smallest absolute Gasteiger partial charge is 0.245 e. The molecular formula is C5H10NO2. The zero-order chi connectivity index (χ0) is 6.57. The number of hydrogen-bond acceptors (Lipinski definition) is 2. The number of hydroxylamine groups is 2. The lowest BCUT2D eigenvalue weighted by Crippen LogP contribution is -2.21. The number of carbonyl (C=O) groups excluding carboxylic acids is 1. The summed E-state index contributed by atoms with van der Waals surface area (Å²) in [5, 5.41) is 8.98. The third-order valence-electron chi connectivity index (χ3n) is 0.752. The zero-order valence-electron chi connectivity index (χ0n) is 4.92. The number of amides is 1. The maximum atomic E-state index is 10.4. The van der Waals surface area contributed by atoms with Crippen LogP contribution in [0.2, 0.25) is 0 Å². The summed E-state index contributed by atoms with van der Waals surface area (Å²) < 4.78 is 0. The summed E-state index contributed by atoms with van der Waals surface area (Å²) >= 11 is 0. The molecular weight excluding hydrogens is 106 g/mol. The average Bonchev–Trinajstić information content (AvgIpc) is 1.67. The van der Waals surface area contributed by atoms with Crippen molar-refractivity contribution in [3.05, 3.63) is 6.92 Å². The number of carbonyl (C=O) groups is 1. The molecule has 0 aliphatic heterocycles. The molecule has 0 aromatic heterocycles. The molecule has 0 fully saturated rings. The summed E-state index contributed by atoms with van der Waals surface area (Å²) in [5.74, 6) is -0.292. The fourth-order valence-electron chi connectivity index (χ4n) is 0.313. The minimum atomic E-state index is -0.292. The van der Waals surface area contributed by atoms with Crippen molar-refractivity contribution in [2.45, 2.75) is 12.8 Å². The highest BCUT2D eigenvalue weighted by atomic mass is 16.5. The molecule has 1 amide bonds. The van der Waals surface area contributed by atoms with E-state index in [-0.39, 0.29) is 5.91 Å². The normalized spacial score (nSPS) is 8.88. The van der Waals surface area contributed by atoms with Gasteiger partial charge in [0, 0.05) is 13.5 Å². The Morgan fingerprint density at radius 1 is 1.88 bits per heavy atom. The van der Waals surface area contributed by atoms with E-state index in [0.29, 0.717) is 17.9 Å². The van der Waals surface area contributed by atoms with Crippen molar-refractivity contribution in [2.75, 3.05) is 7.05 Å². The Balaban J connectivity index is 3.33. The number of nitrogens with zero attached hydrogens (tertiary/aromatic N) is 1. The van der Waals surface area contributed by atoms with E-state index >= 15 is 0 Å². The standard InChI is InChI=1S/C5H10NO2/c1-3-4-5(7)6(2)8/h8H,1,3-4H2,2H3. The predicted molar refractivity (Wildman–Crippen MR) is 29.1 cm³/mol. The Morgan fingerprint density at radius 3 is 2.50 bits per heavy atom. The molecule has 0 aromatic carbocycles. The Labute approximate surface area is 48.9 Å². The molecule has 0 atom stereocenters. The first-order chi connectivity index (χ1) is 3.68. The van der Waals surface area contributed by atoms with E-state index in [1.165, 1.54) is 7.05 Å². The van der Waals surface area contributed by atoms with E-state index in [1.807, 2.05) is 0 Å². The SMILES string of the molecule is [CH2]CCC(=O)N(C)O. The van der Waals surface area contributed by atoms with Crippen LogP contribution in [0.25, 0.3) is 0 Å². The lowest BCUT2D eigenvalue weighted by Gasteiger charge is -2.04. The molecule has 0 aliphatic carbocycles. The van der Waals surface area contributed by atoms with Gasteiger partial charge in [-0.1, -0.05) is 6.92 Å². The number of rotatable bonds is 2. The summed E-state index contributed by atoms with van der Waals surface area (Å²) in [6.45, 7) is 3.45. The van der Waals surface area contributed by atoms with Gasteiger partial charge in [-0.05, 0) is 6.42 Å². The maximum Gasteiger partial charge on any atom is 0.245 e. The van der Waals surface area contributed by atoms with E-state index in [2.05, 4.69) is 6.92 Å². The molecule has 0 spiro atoms. The van der Waals surface area contributed by atoms with Crippen LogP contribution in [0.5, 0.6) is 0 Å². The molecule has 0 unspecified atom stereocenters. The molecule has 0 aromatic rings. The summed E-state index contributed by atoms with van der Waals surface area (Å²) in [7, 11) is 1.30. The van der Waals surface area contributed by atoms with Crippen LogP contribution in [-0.2, 0) is 4.79 Å². The molecule has 47 valence electrons. The maximum absolute atomic E-state index is 10.4. The minimum Gasteiger partial charge on any atom is -0.286 e. The molecule has 0 saturated carbocycles. The second-order valence-corrected chi connectivity index (χ2v) is 1.52. The monoisotopic (exact) mass is 116 g/mol. The highest BCUT2D eigenvalue weighted by Gasteiger charge is 2.00. The molecule has 0 rings (SSSR count). The topological polar surface area (TPSA) is 40.5 Å². The van der Waals surface area contributed by atoms with Crippen molar-refractivity contribution in [2.24, 2.45) is 0 Å². The minimum absolute atomic E-state index is 0.292. The molecule has 0 bridgehead atoms. The van der Waals surface area contributed by atoms with Crippen molar-refractivity contribution in [3.63, 3.8) is 0 Å². The van der Waals surface area contributed by atoms with E-state index in [0.717, 1.165) is 0 Å². The third kappa shape index (κ3) is 2.58. The highest BCUT2D eigenvalue weighted by Crippen LogP contribution is 1.89. The van der Waals surface area contributed by atoms with Crippen LogP contribution in [-0.4, -0.2) is 23.2 Å². The Morgan fingerprint density at radius 2 is 2.38 bits per heavy atom. The van der Waals surface area contributed by atoms with Crippen LogP contribution in [0, 0.1) is 6.92 Å². The second kappa shape index (κ2) is 3.43.